The van der Waals surface area contributed by atoms with Crippen molar-refractivity contribution >= 4 is 70.9 Å². The Bertz CT molecular complexity index is 1750. The molecule has 3 fully saturated rings. The Morgan fingerprint density at radius 3 is 1.46 bits per heavy atom. The molecule has 0 unspecified atom stereocenters. The van der Waals surface area contributed by atoms with Crippen molar-refractivity contribution in [3.8, 4) is 0 Å². The number of hydrogen-bond acceptors (Lipinski definition) is 14. The number of aliphatic hydroxyl groups excluding tert-OH is 2. The number of nitrogens with two attached hydrogens (primary N) is 1. The molecule has 0 radical (unpaired) electrons. The van der Waals surface area contributed by atoms with Crippen molar-refractivity contribution in [1.82, 2.24) is 46.6 Å². The maximum absolute atomic E-state index is 13.9. The molecule has 0 spiro atoms. The number of amides is 9. The van der Waals surface area contributed by atoms with Crippen LogP contribution in [0.5, 0.6) is 0 Å². The highest BCUT2D eigenvalue weighted by Crippen LogP contribution is 2.23. The summed E-state index contributed by atoms with van der Waals surface area (Å²) in [5, 5.41) is 45.0. The normalized spacial score (nSPS) is 21.2. The van der Waals surface area contributed by atoms with Gasteiger partial charge in [-0.25, -0.2) is 4.79 Å². The van der Waals surface area contributed by atoms with Crippen LogP contribution in [0, 0.1) is 11.8 Å². The lowest BCUT2D eigenvalue weighted by Crippen LogP contribution is -2.60. The Hall–Kier alpha value is -5.07. The van der Waals surface area contributed by atoms with E-state index in [0.717, 1.165) is 0 Å². The van der Waals surface area contributed by atoms with Crippen LogP contribution in [-0.4, -0.2) is 195 Å². The van der Waals surface area contributed by atoms with Crippen LogP contribution in [-0.2, 0) is 47.9 Å². The van der Waals surface area contributed by atoms with Gasteiger partial charge in [0.15, 0.2) is 0 Å². The average Bonchev–Trinajstić information content (AvgIpc) is 4.08. The van der Waals surface area contributed by atoms with E-state index >= 15 is 0 Å². The molecule has 3 saturated heterocycles. The molecular formula is C41H68N10O13S. The van der Waals surface area contributed by atoms with Crippen molar-refractivity contribution in [3.05, 3.63) is 0 Å². The molecule has 0 aromatic rings. The number of thioether (sulfide) groups is 1. The zero-order valence-electron chi connectivity index (χ0n) is 38.0. The fourth-order valence-electron chi connectivity index (χ4n) is 8.13. The first-order valence-corrected chi connectivity index (χ1v) is 23.5. The summed E-state index contributed by atoms with van der Waals surface area (Å²) in [6.07, 6.45) is 3.91. The highest BCUT2D eigenvalue weighted by Gasteiger charge is 2.43. The third-order valence-electron chi connectivity index (χ3n) is 11.8. The Balaban J connectivity index is 1.63. The van der Waals surface area contributed by atoms with Crippen LogP contribution in [0.2, 0.25) is 0 Å². The van der Waals surface area contributed by atoms with E-state index < -0.39 is 133 Å². The zero-order chi connectivity index (χ0) is 48.7. The standard InChI is InChI=1S/C41H68N10O13S/c1-21(2)31(47-30(54)18-42)37(59)44-24(13-17-65-6)39(61)50-15-8-11-28(50)34(56)45-25(19-52)33(55)43-23(5)38(60)49-14-7-10-27(49)35(57)46-26(20-53)40(62)51-16-9-12-29(51)36(58)48-32(22(3)4)41(63)64/h21-29,31-32,52-53H,7-20,42H2,1-6H3,(H,43,55)(H,44,59)(H,45,56)(H,46,57)(H,47,54)(H,48,58)(H,63,64)/t23-,24-,25-,26-,27-,28-,29-,31-,32-/m0/s1. The Kier molecular flexibility index (Phi) is 21.4. The number of rotatable bonds is 23. The molecule has 0 aromatic carbocycles. The maximum Gasteiger partial charge on any atom is 0.326 e. The number of nitrogens with zero attached hydrogens (tertiary/aromatic N) is 3. The molecule has 0 bridgehead atoms. The summed E-state index contributed by atoms with van der Waals surface area (Å²) in [5.41, 5.74) is 5.42. The minimum absolute atomic E-state index is 0.106. The van der Waals surface area contributed by atoms with Crippen LogP contribution >= 0.6 is 11.8 Å². The van der Waals surface area contributed by atoms with E-state index in [1.54, 1.807) is 27.7 Å². The first-order chi connectivity index (χ1) is 30.7. The smallest absolute Gasteiger partial charge is 0.326 e. The predicted octanol–water partition coefficient (Wildman–Crippen LogP) is -4.02. The Morgan fingerprint density at radius 2 is 1.03 bits per heavy atom. The fraction of sp³-hybridized carbons (Fsp3) is 0.756. The highest BCUT2D eigenvalue weighted by atomic mass is 32.2. The van der Waals surface area contributed by atoms with Gasteiger partial charge in [0.2, 0.25) is 53.2 Å². The van der Waals surface area contributed by atoms with Crippen LogP contribution < -0.4 is 37.6 Å². The second-order valence-electron chi connectivity index (χ2n) is 17.2. The van der Waals surface area contributed by atoms with Crippen molar-refractivity contribution < 1.29 is 63.3 Å². The zero-order valence-corrected chi connectivity index (χ0v) is 38.8. The van der Waals surface area contributed by atoms with Crippen molar-refractivity contribution in [1.29, 1.82) is 0 Å². The molecule has 3 aliphatic heterocycles. The van der Waals surface area contributed by atoms with Gasteiger partial charge in [-0.05, 0) is 75.7 Å². The number of aliphatic carboxylic acids is 1. The average molecular weight is 941 g/mol. The van der Waals surface area contributed by atoms with Gasteiger partial charge in [0.05, 0.1) is 19.8 Å². The summed E-state index contributed by atoms with van der Waals surface area (Å²) in [4.78, 5) is 135. The summed E-state index contributed by atoms with van der Waals surface area (Å²) in [7, 11) is 0. The van der Waals surface area contributed by atoms with Gasteiger partial charge in [0.25, 0.3) is 0 Å². The molecule has 0 aliphatic carbocycles. The summed E-state index contributed by atoms with van der Waals surface area (Å²) in [5.74, 6) is -7.79. The second kappa shape index (κ2) is 25.6. The van der Waals surface area contributed by atoms with Crippen molar-refractivity contribution in [2.24, 2.45) is 17.6 Å². The van der Waals surface area contributed by atoms with Crippen LogP contribution in [0.1, 0.15) is 79.6 Å². The van der Waals surface area contributed by atoms with Gasteiger partial charge in [-0.1, -0.05) is 27.7 Å². The molecule has 65 heavy (non-hydrogen) atoms. The lowest BCUT2D eigenvalue weighted by atomic mass is 10.0. The number of likely N-dealkylation sites (tertiary alicyclic amines) is 3. The van der Waals surface area contributed by atoms with E-state index in [-0.39, 0.29) is 57.8 Å². The molecule has 0 aromatic heterocycles. The number of hydrogen-bond donors (Lipinski definition) is 10. The molecular weight excluding hydrogens is 873 g/mol. The summed E-state index contributed by atoms with van der Waals surface area (Å²) >= 11 is 1.44. The van der Waals surface area contributed by atoms with Crippen molar-refractivity contribution in [3.63, 3.8) is 0 Å². The van der Waals surface area contributed by atoms with Crippen molar-refractivity contribution in [2.45, 2.75) is 134 Å². The first-order valence-electron chi connectivity index (χ1n) is 22.1. The van der Waals surface area contributed by atoms with E-state index in [1.807, 2.05) is 6.26 Å². The van der Waals surface area contributed by atoms with Crippen LogP contribution in [0.15, 0.2) is 0 Å². The van der Waals surface area contributed by atoms with E-state index in [0.29, 0.717) is 25.0 Å². The van der Waals surface area contributed by atoms with Gasteiger partial charge >= 0.3 is 5.97 Å². The minimum atomic E-state index is -1.55. The maximum atomic E-state index is 13.9. The minimum Gasteiger partial charge on any atom is -0.480 e. The predicted molar refractivity (Wildman–Crippen MR) is 235 cm³/mol. The van der Waals surface area contributed by atoms with Crippen LogP contribution in [0.3, 0.4) is 0 Å². The van der Waals surface area contributed by atoms with Gasteiger partial charge in [0, 0.05) is 19.6 Å². The highest BCUT2D eigenvalue weighted by molar-refractivity contribution is 7.98. The van der Waals surface area contributed by atoms with E-state index in [2.05, 4.69) is 31.9 Å². The van der Waals surface area contributed by atoms with Gasteiger partial charge < -0.3 is 67.7 Å². The van der Waals surface area contributed by atoms with Gasteiger partial charge in [0.1, 0.15) is 54.4 Å². The first kappa shape index (κ1) is 54.3. The fourth-order valence-corrected chi connectivity index (χ4v) is 8.61. The molecule has 3 aliphatic rings. The van der Waals surface area contributed by atoms with Crippen molar-refractivity contribution in [2.75, 3.05) is 51.4 Å². The number of aliphatic hydroxyl groups is 2. The Morgan fingerprint density at radius 1 is 0.585 bits per heavy atom. The second-order valence-corrected chi connectivity index (χ2v) is 18.2. The largest absolute Gasteiger partial charge is 0.480 e. The number of carboxylic acids is 1. The van der Waals surface area contributed by atoms with E-state index in [1.165, 1.54) is 33.4 Å². The van der Waals surface area contributed by atoms with Crippen LogP contribution in [0.4, 0.5) is 0 Å². The molecule has 0 saturated carbocycles. The SMILES string of the molecule is CSCC[C@H](NC(=O)[C@@H](NC(=O)CN)C(C)C)C(=O)N1CCC[C@H]1C(=O)N[C@@H](CO)C(=O)N[C@@H](C)C(=O)N1CCC[C@H]1C(=O)N[C@@H](CO)C(=O)N1CCC[C@H]1C(=O)N[C@H](C(=O)O)C(C)C. The third-order valence-corrected chi connectivity index (χ3v) is 12.4. The quantitative estimate of drug-likeness (QED) is 0.0467. The van der Waals surface area contributed by atoms with Gasteiger partial charge in [-0.3, -0.25) is 43.2 Å². The summed E-state index contributed by atoms with van der Waals surface area (Å²) in [6, 6.07) is -10.7. The summed E-state index contributed by atoms with van der Waals surface area (Å²) < 4.78 is 0. The van der Waals surface area contributed by atoms with E-state index in [9.17, 15) is 63.3 Å². The number of carbonyl (C=O) groups excluding carboxylic acids is 9. The lowest BCUT2D eigenvalue weighted by molar-refractivity contribution is -0.146. The molecule has 9 amide bonds. The van der Waals surface area contributed by atoms with E-state index in [4.69, 9.17) is 5.73 Å². The van der Waals surface area contributed by atoms with Gasteiger partial charge in [-0.15, -0.1) is 0 Å². The topological polar surface area (TPSA) is 339 Å². The number of nitrogens with one attached hydrogen (secondary N) is 6. The Labute approximate surface area is 382 Å². The van der Waals surface area contributed by atoms with Gasteiger partial charge in [-0.2, -0.15) is 11.8 Å². The number of carbonyl (C=O) groups is 10. The van der Waals surface area contributed by atoms with Crippen LogP contribution in [0.25, 0.3) is 0 Å². The molecule has 24 heteroatoms. The number of carboxylic acid groups (broad SMARTS) is 1. The molecule has 23 nitrogen and oxygen atoms in total. The summed E-state index contributed by atoms with van der Waals surface area (Å²) in [6.45, 7) is 6.39. The molecule has 3 rings (SSSR count). The lowest BCUT2D eigenvalue weighted by Gasteiger charge is -2.32. The third kappa shape index (κ3) is 14.5. The molecule has 9 atom stereocenters. The molecule has 3 heterocycles. The molecule has 11 N–H and O–H groups in total. The monoisotopic (exact) mass is 940 g/mol. The molecule has 366 valence electrons.